The lowest BCUT2D eigenvalue weighted by Gasteiger charge is -2.34. The third kappa shape index (κ3) is 1.82. The molecule has 0 aromatic carbocycles. The first-order valence-electron chi connectivity index (χ1n) is 5.62. The fourth-order valence-corrected chi connectivity index (χ4v) is 2.31. The lowest BCUT2D eigenvalue weighted by Crippen LogP contribution is -2.46. The van der Waals surface area contributed by atoms with Gasteiger partial charge >= 0.3 is 5.97 Å². The van der Waals surface area contributed by atoms with Crippen LogP contribution in [0.4, 0.5) is 4.39 Å². The van der Waals surface area contributed by atoms with E-state index in [0.29, 0.717) is 5.70 Å². The summed E-state index contributed by atoms with van der Waals surface area (Å²) < 4.78 is 18.9. The van der Waals surface area contributed by atoms with E-state index in [1.165, 1.54) is 7.11 Å². The number of nitrogens with one attached hydrogen (secondary N) is 1. The molecule has 2 N–H and O–H groups in total. The molecule has 0 bridgehead atoms. The van der Waals surface area contributed by atoms with Gasteiger partial charge in [0, 0.05) is 25.1 Å². The zero-order chi connectivity index (χ0) is 13.4. The molecule has 0 aromatic heterocycles. The number of hydrogen-bond donors (Lipinski definition) is 2. The molecular formula is C12H14FNO4. The molecule has 1 aliphatic carbocycles. The first-order chi connectivity index (χ1) is 8.47. The molecule has 5 nitrogen and oxygen atoms in total. The van der Waals surface area contributed by atoms with Gasteiger partial charge in [-0.1, -0.05) is 6.92 Å². The average molecular weight is 255 g/mol. The monoisotopic (exact) mass is 255 g/mol. The van der Waals surface area contributed by atoms with Crippen LogP contribution in [0, 0.1) is 11.8 Å². The molecule has 0 radical (unpaired) electrons. The van der Waals surface area contributed by atoms with Gasteiger partial charge in [-0.15, -0.1) is 0 Å². The van der Waals surface area contributed by atoms with Crippen molar-refractivity contribution in [3.05, 3.63) is 23.2 Å². The molecule has 0 fully saturated rings. The number of halogens is 1. The molecule has 18 heavy (non-hydrogen) atoms. The van der Waals surface area contributed by atoms with Gasteiger partial charge < -0.3 is 15.2 Å². The SMILES string of the molecule is COC1C2=C(C=C(F)C1C)C(=O)C(C(=O)O)CN2. The third-order valence-corrected chi connectivity index (χ3v) is 3.38. The highest BCUT2D eigenvalue weighted by atomic mass is 19.1. The van der Waals surface area contributed by atoms with Gasteiger partial charge in [0.1, 0.15) is 17.8 Å². The van der Waals surface area contributed by atoms with Crippen LogP contribution >= 0.6 is 0 Å². The highest BCUT2D eigenvalue weighted by molar-refractivity contribution is 6.11. The van der Waals surface area contributed by atoms with Crippen LogP contribution in [0.2, 0.25) is 0 Å². The molecular weight excluding hydrogens is 241 g/mol. The van der Waals surface area contributed by atoms with E-state index in [1.54, 1.807) is 6.92 Å². The zero-order valence-corrected chi connectivity index (χ0v) is 10.1. The molecule has 0 spiro atoms. The lowest BCUT2D eigenvalue weighted by molar-refractivity contribution is -0.145. The standard InChI is InChI=1S/C12H14FNO4/c1-5-8(13)3-6-9(11(5)18-2)14-4-7(10(6)15)12(16)17/h3,5,7,11,14H,4H2,1-2H3,(H,16,17). The van der Waals surface area contributed by atoms with E-state index in [9.17, 15) is 14.0 Å². The van der Waals surface area contributed by atoms with Gasteiger partial charge in [0.25, 0.3) is 0 Å². The van der Waals surface area contributed by atoms with Gasteiger partial charge in [0.05, 0.1) is 5.70 Å². The van der Waals surface area contributed by atoms with Crippen molar-refractivity contribution in [3.8, 4) is 0 Å². The topological polar surface area (TPSA) is 75.6 Å². The summed E-state index contributed by atoms with van der Waals surface area (Å²) in [6, 6.07) is 0. The molecule has 3 atom stereocenters. The van der Waals surface area contributed by atoms with E-state index in [1.807, 2.05) is 0 Å². The molecule has 3 unspecified atom stereocenters. The molecule has 98 valence electrons. The summed E-state index contributed by atoms with van der Waals surface area (Å²) in [4.78, 5) is 22.9. The summed E-state index contributed by atoms with van der Waals surface area (Å²) in [6.07, 6.45) is 0.531. The second-order valence-electron chi connectivity index (χ2n) is 4.44. The molecule has 0 aromatic rings. The fourth-order valence-electron chi connectivity index (χ4n) is 2.31. The number of carbonyl (C=O) groups is 2. The number of carboxylic acids is 1. The van der Waals surface area contributed by atoms with Crippen LogP contribution in [0.25, 0.3) is 0 Å². The highest BCUT2D eigenvalue weighted by Crippen LogP contribution is 2.34. The fraction of sp³-hybridized carbons (Fsp3) is 0.500. The van der Waals surface area contributed by atoms with Gasteiger partial charge in [-0.25, -0.2) is 4.39 Å². The predicted octanol–water partition coefficient (Wildman–Crippen LogP) is 0.632. The largest absolute Gasteiger partial charge is 0.481 e. The first-order valence-corrected chi connectivity index (χ1v) is 5.62. The third-order valence-electron chi connectivity index (χ3n) is 3.38. The Bertz CT molecular complexity index is 469. The van der Waals surface area contributed by atoms with Crippen molar-refractivity contribution < 1.29 is 23.8 Å². The summed E-state index contributed by atoms with van der Waals surface area (Å²) >= 11 is 0. The Kier molecular flexibility index (Phi) is 3.21. The summed E-state index contributed by atoms with van der Waals surface area (Å²) in [5.74, 6) is -3.91. The molecule has 0 saturated heterocycles. The normalized spacial score (nSPS) is 31.6. The van der Waals surface area contributed by atoms with Crippen molar-refractivity contribution in [2.24, 2.45) is 11.8 Å². The molecule has 1 heterocycles. The van der Waals surface area contributed by atoms with Crippen molar-refractivity contribution in [2.75, 3.05) is 13.7 Å². The number of Topliss-reactive ketones (excluding diaryl/α,β-unsaturated/α-hetero) is 1. The molecule has 1 aliphatic heterocycles. The number of ketones is 1. The van der Waals surface area contributed by atoms with Crippen LogP contribution in [0.3, 0.4) is 0 Å². The van der Waals surface area contributed by atoms with Crippen LogP contribution in [-0.2, 0) is 14.3 Å². The van der Waals surface area contributed by atoms with E-state index >= 15 is 0 Å². The Morgan fingerprint density at radius 3 is 2.83 bits per heavy atom. The summed E-state index contributed by atoms with van der Waals surface area (Å²) in [6.45, 7) is 1.66. The molecule has 2 aliphatic rings. The minimum Gasteiger partial charge on any atom is -0.481 e. The van der Waals surface area contributed by atoms with E-state index in [-0.39, 0.29) is 12.1 Å². The summed E-state index contributed by atoms with van der Waals surface area (Å²) in [5.41, 5.74) is 0.560. The van der Waals surface area contributed by atoms with Crippen LogP contribution in [0.1, 0.15) is 6.92 Å². The van der Waals surface area contributed by atoms with Crippen LogP contribution in [-0.4, -0.2) is 36.6 Å². The number of rotatable bonds is 2. The number of carbonyl (C=O) groups excluding carboxylic acids is 1. The average Bonchev–Trinajstić information content (AvgIpc) is 2.32. The van der Waals surface area contributed by atoms with E-state index < -0.39 is 35.5 Å². The number of hydrogen-bond acceptors (Lipinski definition) is 4. The van der Waals surface area contributed by atoms with Crippen LogP contribution in [0.15, 0.2) is 23.2 Å². The zero-order valence-electron chi connectivity index (χ0n) is 10.1. The maximum Gasteiger partial charge on any atom is 0.316 e. The van der Waals surface area contributed by atoms with E-state index in [4.69, 9.17) is 9.84 Å². The van der Waals surface area contributed by atoms with Gasteiger partial charge in [0.15, 0.2) is 5.78 Å². The number of carboxylic acid groups (broad SMARTS) is 1. The number of allylic oxidation sites excluding steroid dienone is 2. The van der Waals surface area contributed by atoms with Crippen LogP contribution < -0.4 is 5.32 Å². The van der Waals surface area contributed by atoms with Crippen molar-refractivity contribution in [1.29, 1.82) is 0 Å². The van der Waals surface area contributed by atoms with E-state index in [0.717, 1.165) is 6.08 Å². The Morgan fingerprint density at radius 1 is 1.61 bits per heavy atom. The smallest absolute Gasteiger partial charge is 0.316 e. The number of ether oxygens (including phenoxy) is 1. The minimum absolute atomic E-state index is 0.00897. The Labute approximate surface area is 103 Å². The number of methoxy groups -OCH3 is 1. The quantitative estimate of drug-likeness (QED) is 0.708. The second-order valence-corrected chi connectivity index (χ2v) is 4.44. The highest BCUT2D eigenvalue weighted by Gasteiger charge is 2.40. The number of aliphatic carboxylic acids is 1. The van der Waals surface area contributed by atoms with Crippen molar-refractivity contribution in [1.82, 2.24) is 5.32 Å². The molecule has 6 heteroatoms. The Hall–Kier alpha value is -1.69. The van der Waals surface area contributed by atoms with Gasteiger partial charge in [-0.2, -0.15) is 0 Å². The second kappa shape index (κ2) is 4.53. The summed E-state index contributed by atoms with van der Waals surface area (Å²) in [7, 11) is 1.43. The molecule has 0 saturated carbocycles. The van der Waals surface area contributed by atoms with Crippen molar-refractivity contribution in [3.63, 3.8) is 0 Å². The van der Waals surface area contributed by atoms with Crippen molar-refractivity contribution in [2.45, 2.75) is 13.0 Å². The Morgan fingerprint density at radius 2 is 2.28 bits per heavy atom. The lowest BCUT2D eigenvalue weighted by atomic mass is 9.83. The Balaban J connectivity index is 2.43. The predicted molar refractivity (Wildman–Crippen MR) is 60.3 cm³/mol. The molecule has 0 amide bonds. The minimum atomic E-state index is -1.21. The van der Waals surface area contributed by atoms with Crippen molar-refractivity contribution >= 4 is 11.8 Å². The van der Waals surface area contributed by atoms with E-state index in [2.05, 4.69) is 5.32 Å². The maximum atomic E-state index is 13.7. The molecule has 2 rings (SSSR count). The van der Waals surface area contributed by atoms with Crippen LogP contribution in [0.5, 0.6) is 0 Å². The van der Waals surface area contributed by atoms with Gasteiger partial charge in [-0.05, 0) is 6.08 Å². The van der Waals surface area contributed by atoms with Gasteiger partial charge in [-0.3, -0.25) is 9.59 Å². The van der Waals surface area contributed by atoms with Gasteiger partial charge in [0.2, 0.25) is 0 Å². The summed E-state index contributed by atoms with van der Waals surface area (Å²) in [5, 5.41) is 11.8. The maximum absolute atomic E-state index is 13.7. The first kappa shape index (κ1) is 12.8.